The highest BCUT2D eigenvalue weighted by molar-refractivity contribution is 5.24. The Hall–Kier alpha value is -0.890. The summed E-state index contributed by atoms with van der Waals surface area (Å²) in [6, 6.07) is 5.59. The average molecular weight is 277 g/mol. The summed E-state index contributed by atoms with van der Waals surface area (Å²) in [5, 5.41) is 3.30. The van der Waals surface area contributed by atoms with Gasteiger partial charge in [-0.2, -0.15) is 0 Å². The molecule has 1 aliphatic rings. The summed E-state index contributed by atoms with van der Waals surface area (Å²) in [6.45, 7) is 2.97. The van der Waals surface area contributed by atoms with Crippen LogP contribution in [0.2, 0.25) is 0 Å². The number of halogens is 1. The number of hydrogen-bond acceptors (Lipinski definition) is 1. The van der Waals surface area contributed by atoms with Crippen LogP contribution in [0, 0.1) is 18.2 Å². The zero-order valence-electron chi connectivity index (χ0n) is 13.0. The topological polar surface area (TPSA) is 12.0 Å². The molecule has 0 heterocycles. The first-order chi connectivity index (χ1) is 9.65. The molecule has 0 radical (unpaired) electrons. The first kappa shape index (κ1) is 15.5. The molecule has 1 saturated carbocycles. The molecule has 1 aromatic rings. The van der Waals surface area contributed by atoms with Gasteiger partial charge in [0.2, 0.25) is 0 Å². The third kappa shape index (κ3) is 4.05. The number of hydrogen-bond donors (Lipinski definition) is 1. The van der Waals surface area contributed by atoms with Gasteiger partial charge in [0.1, 0.15) is 5.82 Å². The molecule has 0 spiro atoms. The van der Waals surface area contributed by atoms with Crippen molar-refractivity contribution in [3.8, 4) is 0 Å². The van der Waals surface area contributed by atoms with Gasteiger partial charge >= 0.3 is 0 Å². The Morgan fingerprint density at radius 3 is 2.55 bits per heavy atom. The van der Waals surface area contributed by atoms with Gasteiger partial charge in [0, 0.05) is 0 Å². The van der Waals surface area contributed by atoms with Crippen molar-refractivity contribution in [2.45, 2.75) is 58.3 Å². The highest BCUT2D eigenvalue weighted by atomic mass is 19.1. The monoisotopic (exact) mass is 277 g/mol. The normalized spacial score (nSPS) is 18.1. The first-order valence-electron chi connectivity index (χ1n) is 8.05. The van der Waals surface area contributed by atoms with E-state index in [1.165, 1.54) is 50.5 Å². The standard InChI is InChI=1S/C18H28FN/c1-15-14-16(6-7-17(15)19)8-11-18(12-13-20-2)9-4-3-5-10-18/h6-7,14,20H,3-5,8-13H2,1-2H3. The number of aryl methyl sites for hydroxylation is 2. The minimum absolute atomic E-state index is 0.0867. The Kier molecular flexibility index (Phi) is 5.59. The Balaban J connectivity index is 1.98. The van der Waals surface area contributed by atoms with Crippen LogP contribution in [0.1, 0.15) is 56.1 Å². The molecular formula is C18H28FN. The van der Waals surface area contributed by atoms with Gasteiger partial charge in [-0.1, -0.05) is 31.4 Å². The summed E-state index contributed by atoms with van der Waals surface area (Å²) < 4.78 is 13.3. The van der Waals surface area contributed by atoms with Crippen molar-refractivity contribution in [2.24, 2.45) is 5.41 Å². The lowest BCUT2D eigenvalue weighted by atomic mass is 9.68. The predicted octanol–water partition coefficient (Wildman–Crippen LogP) is 4.63. The molecule has 0 saturated heterocycles. The van der Waals surface area contributed by atoms with Crippen LogP contribution in [-0.2, 0) is 6.42 Å². The molecule has 1 nitrogen and oxygen atoms in total. The van der Waals surface area contributed by atoms with E-state index in [1.54, 1.807) is 6.07 Å². The third-order valence-electron chi connectivity index (χ3n) is 4.99. The molecule has 2 rings (SSSR count). The highest BCUT2D eigenvalue weighted by Crippen LogP contribution is 2.42. The van der Waals surface area contributed by atoms with Crippen LogP contribution in [0.5, 0.6) is 0 Å². The largest absolute Gasteiger partial charge is 0.320 e. The van der Waals surface area contributed by atoms with Crippen LogP contribution < -0.4 is 5.32 Å². The lowest BCUT2D eigenvalue weighted by molar-refractivity contribution is 0.157. The summed E-state index contributed by atoms with van der Waals surface area (Å²) in [7, 11) is 2.04. The van der Waals surface area contributed by atoms with E-state index in [2.05, 4.69) is 5.32 Å². The van der Waals surface area contributed by atoms with Gasteiger partial charge in [-0.3, -0.25) is 0 Å². The first-order valence-corrected chi connectivity index (χ1v) is 8.05. The number of benzene rings is 1. The van der Waals surface area contributed by atoms with Crippen LogP contribution in [-0.4, -0.2) is 13.6 Å². The Morgan fingerprint density at radius 1 is 1.15 bits per heavy atom. The van der Waals surface area contributed by atoms with Crippen LogP contribution in [0.15, 0.2) is 18.2 Å². The van der Waals surface area contributed by atoms with E-state index in [4.69, 9.17) is 0 Å². The van der Waals surface area contributed by atoms with Crippen LogP contribution in [0.3, 0.4) is 0 Å². The van der Waals surface area contributed by atoms with Gasteiger partial charge in [-0.15, -0.1) is 0 Å². The van der Waals surface area contributed by atoms with E-state index >= 15 is 0 Å². The average Bonchev–Trinajstić information content (AvgIpc) is 2.48. The maximum Gasteiger partial charge on any atom is 0.126 e. The quantitative estimate of drug-likeness (QED) is 0.799. The zero-order chi connectivity index (χ0) is 14.4. The lowest BCUT2D eigenvalue weighted by Gasteiger charge is -2.38. The molecule has 0 unspecified atom stereocenters. The minimum atomic E-state index is -0.0867. The van der Waals surface area contributed by atoms with E-state index < -0.39 is 0 Å². The molecule has 112 valence electrons. The van der Waals surface area contributed by atoms with Crippen LogP contribution >= 0.6 is 0 Å². The Morgan fingerprint density at radius 2 is 1.90 bits per heavy atom. The fourth-order valence-electron chi connectivity index (χ4n) is 3.59. The molecule has 0 amide bonds. The van der Waals surface area contributed by atoms with Crippen molar-refractivity contribution in [1.29, 1.82) is 0 Å². The van der Waals surface area contributed by atoms with E-state index in [1.807, 2.05) is 26.1 Å². The predicted molar refractivity (Wildman–Crippen MR) is 83.5 cm³/mol. The van der Waals surface area contributed by atoms with Gasteiger partial charge in [0.15, 0.2) is 0 Å². The van der Waals surface area contributed by atoms with Gasteiger partial charge in [-0.05, 0) is 75.2 Å². The van der Waals surface area contributed by atoms with Crippen molar-refractivity contribution >= 4 is 0 Å². The molecule has 1 fully saturated rings. The molecule has 0 atom stereocenters. The molecule has 1 aromatic carbocycles. The van der Waals surface area contributed by atoms with Crippen molar-refractivity contribution in [1.82, 2.24) is 5.32 Å². The maximum atomic E-state index is 13.3. The maximum absolute atomic E-state index is 13.3. The van der Waals surface area contributed by atoms with E-state index in [0.29, 0.717) is 5.41 Å². The SMILES string of the molecule is CNCCC1(CCc2ccc(F)c(C)c2)CCCCC1. The molecule has 1 N–H and O–H groups in total. The molecule has 20 heavy (non-hydrogen) atoms. The van der Waals surface area contributed by atoms with Gasteiger partial charge in [0.25, 0.3) is 0 Å². The second-order valence-corrected chi connectivity index (χ2v) is 6.50. The van der Waals surface area contributed by atoms with Crippen LogP contribution in [0.25, 0.3) is 0 Å². The van der Waals surface area contributed by atoms with Crippen molar-refractivity contribution in [3.05, 3.63) is 35.1 Å². The van der Waals surface area contributed by atoms with Crippen molar-refractivity contribution in [2.75, 3.05) is 13.6 Å². The lowest BCUT2D eigenvalue weighted by Crippen LogP contribution is -2.29. The second kappa shape index (κ2) is 7.21. The molecule has 0 aromatic heterocycles. The van der Waals surface area contributed by atoms with Gasteiger partial charge in [0.05, 0.1) is 0 Å². The number of nitrogens with one attached hydrogen (secondary N) is 1. The van der Waals surface area contributed by atoms with E-state index in [9.17, 15) is 4.39 Å². The highest BCUT2D eigenvalue weighted by Gasteiger charge is 2.30. The molecule has 0 bridgehead atoms. The molecule has 1 aliphatic carbocycles. The fourth-order valence-corrected chi connectivity index (χ4v) is 3.59. The summed E-state index contributed by atoms with van der Waals surface area (Å²) in [5.74, 6) is -0.0867. The minimum Gasteiger partial charge on any atom is -0.320 e. The number of rotatable bonds is 6. The van der Waals surface area contributed by atoms with Crippen molar-refractivity contribution < 1.29 is 4.39 Å². The van der Waals surface area contributed by atoms with E-state index in [0.717, 1.165) is 18.5 Å². The molecule has 2 heteroatoms. The smallest absolute Gasteiger partial charge is 0.126 e. The van der Waals surface area contributed by atoms with Gasteiger partial charge in [-0.25, -0.2) is 4.39 Å². The Labute approximate surface area is 123 Å². The molecular weight excluding hydrogens is 249 g/mol. The van der Waals surface area contributed by atoms with Crippen LogP contribution in [0.4, 0.5) is 4.39 Å². The second-order valence-electron chi connectivity index (χ2n) is 6.50. The molecule has 0 aliphatic heterocycles. The summed E-state index contributed by atoms with van der Waals surface area (Å²) in [5.41, 5.74) is 2.58. The van der Waals surface area contributed by atoms with Gasteiger partial charge < -0.3 is 5.32 Å². The van der Waals surface area contributed by atoms with Crippen molar-refractivity contribution in [3.63, 3.8) is 0 Å². The summed E-state index contributed by atoms with van der Waals surface area (Å²) in [4.78, 5) is 0. The summed E-state index contributed by atoms with van der Waals surface area (Å²) >= 11 is 0. The zero-order valence-corrected chi connectivity index (χ0v) is 13.0. The Bertz CT molecular complexity index is 421. The fraction of sp³-hybridized carbons (Fsp3) is 0.667. The summed E-state index contributed by atoms with van der Waals surface area (Å²) in [6.07, 6.45) is 10.5. The third-order valence-corrected chi connectivity index (χ3v) is 4.99. The van der Waals surface area contributed by atoms with E-state index in [-0.39, 0.29) is 5.82 Å².